The monoisotopic (exact) mass is 478 g/mol. The van der Waals surface area contributed by atoms with Gasteiger partial charge in [0.05, 0.1) is 12.2 Å². The number of ether oxygens (including phenoxy) is 2. The third-order valence-corrected chi connectivity index (χ3v) is 7.47. The summed E-state index contributed by atoms with van der Waals surface area (Å²) in [6.07, 6.45) is 18.7. The third-order valence-electron chi connectivity index (χ3n) is 7.47. The van der Waals surface area contributed by atoms with E-state index in [2.05, 4.69) is 13.8 Å². The van der Waals surface area contributed by atoms with Crippen molar-refractivity contribution >= 4 is 5.97 Å². The van der Waals surface area contributed by atoms with Crippen LogP contribution in [0.1, 0.15) is 113 Å². The molecule has 3 rings (SSSR count). The Balaban J connectivity index is 1.28. The van der Waals surface area contributed by atoms with Crippen LogP contribution in [-0.4, -0.2) is 12.6 Å². The van der Waals surface area contributed by atoms with Crippen molar-refractivity contribution in [3.05, 3.63) is 59.7 Å². The Morgan fingerprint density at radius 2 is 1.31 bits per heavy atom. The molecule has 0 aliphatic heterocycles. The zero-order valence-corrected chi connectivity index (χ0v) is 22.1. The molecule has 0 N–H and O–H groups in total. The molecule has 0 saturated heterocycles. The maximum Gasteiger partial charge on any atom is 0.343 e. The Bertz CT molecular complexity index is 832. The van der Waals surface area contributed by atoms with Gasteiger partial charge in [0.2, 0.25) is 0 Å². The highest BCUT2D eigenvalue weighted by Gasteiger charge is 2.20. The number of carbonyl (C=O) groups is 1. The average Bonchev–Trinajstić information content (AvgIpc) is 2.89. The van der Waals surface area contributed by atoms with Gasteiger partial charge < -0.3 is 9.47 Å². The lowest BCUT2D eigenvalue weighted by molar-refractivity contribution is 0.0734. The maximum atomic E-state index is 12.4. The van der Waals surface area contributed by atoms with Crippen LogP contribution >= 0.6 is 0 Å². The van der Waals surface area contributed by atoms with Crippen molar-refractivity contribution in [3.8, 4) is 11.5 Å². The topological polar surface area (TPSA) is 35.5 Å². The Hall–Kier alpha value is -2.29. The summed E-state index contributed by atoms with van der Waals surface area (Å²) >= 11 is 0. The molecule has 2 aromatic rings. The van der Waals surface area contributed by atoms with E-state index in [4.69, 9.17) is 9.47 Å². The maximum absolute atomic E-state index is 12.4. The summed E-state index contributed by atoms with van der Waals surface area (Å²) in [6.45, 7) is 5.19. The van der Waals surface area contributed by atoms with Crippen LogP contribution in [0.2, 0.25) is 0 Å². The van der Waals surface area contributed by atoms with Gasteiger partial charge in [0.25, 0.3) is 0 Å². The minimum atomic E-state index is -0.337. The number of aryl methyl sites for hydroxylation is 1. The molecule has 1 aliphatic carbocycles. The fraction of sp³-hybridized carbons (Fsp3) is 0.594. The molecule has 0 atom stereocenters. The van der Waals surface area contributed by atoms with Gasteiger partial charge in [-0.05, 0) is 73.1 Å². The van der Waals surface area contributed by atoms with Gasteiger partial charge in [-0.25, -0.2) is 4.79 Å². The second-order valence-corrected chi connectivity index (χ2v) is 10.4. The van der Waals surface area contributed by atoms with Crippen molar-refractivity contribution in [2.75, 3.05) is 6.61 Å². The first-order valence-corrected chi connectivity index (χ1v) is 14.2. The second-order valence-electron chi connectivity index (χ2n) is 10.4. The number of carbonyl (C=O) groups excluding carboxylic acids is 1. The van der Waals surface area contributed by atoms with Gasteiger partial charge in [-0.15, -0.1) is 0 Å². The van der Waals surface area contributed by atoms with Crippen LogP contribution in [0.25, 0.3) is 0 Å². The highest BCUT2D eigenvalue weighted by molar-refractivity contribution is 5.91. The molecule has 0 heterocycles. The van der Waals surface area contributed by atoms with Gasteiger partial charge in [-0.2, -0.15) is 0 Å². The fourth-order valence-corrected chi connectivity index (χ4v) is 5.27. The Kier molecular flexibility index (Phi) is 12.2. The van der Waals surface area contributed by atoms with E-state index >= 15 is 0 Å². The zero-order chi connectivity index (χ0) is 24.7. The van der Waals surface area contributed by atoms with E-state index in [1.165, 1.54) is 76.2 Å². The van der Waals surface area contributed by atoms with Crippen molar-refractivity contribution in [2.45, 2.75) is 104 Å². The quantitative estimate of drug-likeness (QED) is 0.145. The summed E-state index contributed by atoms with van der Waals surface area (Å²) in [7, 11) is 0. The smallest absolute Gasteiger partial charge is 0.343 e. The number of rotatable bonds is 15. The molecule has 1 fully saturated rings. The van der Waals surface area contributed by atoms with E-state index < -0.39 is 0 Å². The zero-order valence-electron chi connectivity index (χ0n) is 22.1. The van der Waals surface area contributed by atoms with E-state index in [0.29, 0.717) is 11.3 Å². The summed E-state index contributed by atoms with van der Waals surface area (Å²) in [5, 5.41) is 0. The molecule has 35 heavy (non-hydrogen) atoms. The molecule has 0 unspecified atom stereocenters. The van der Waals surface area contributed by atoms with Crippen LogP contribution in [-0.2, 0) is 6.42 Å². The van der Waals surface area contributed by atoms with Gasteiger partial charge >= 0.3 is 5.97 Å². The molecule has 0 radical (unpaired) electrons. The molecule has 1 saturated carbocycles. The molecular formula is C32H46O3. The van der Waals surface area contributed by atoms with Crippen LogP contribution in [0, 0.1) is 11.8 Å². The minimum Gasteiger partial charge on any atom is -0.494 e. The SMILES string of the molecule is CCCCCCC[C@H]1CC[C@H](CCCOc2ccc(C(=O)Oc3ccc(CCC)cc3)cc2)CC1. The Labute approximate surface area is 213 Å². The normalized spacial score (nSPS) is 17.8. The molecule has 0 amide bonds. The van der Waals surface area contributed by atoms with Crippen molar-refractivity contribution in [1.29, 1.82) is 0 Å². The first kappa shape index (κ1) is 27.3. The standard InChI is InChI=1S/C32H46O3/c1-3-5-6-7-8-11-27-13-15-28(16-14-27)12-9-25-34-30-23-19-29(20-24-30)32(33)35-31-21-17-26(10-4-2)18-22-31/h17-24,27-28H,3-16,25H2,1-2H3/t27-,28-. The third kappa shape index (κ3) is 10.1. The van der Waals surface area contributed by atoms with Gasteiger partial charge in [0.15, 0.2) is 0 Å². The average molecular weight is 479 g/mol. The summed E-state index contributed by atoms with van der Waals surface area (Å²) < 4.78 is 11.4. The Morgan fingerprint density at radius 1 is 0.714 bits per heavy atom. The van der Waals surface area contributed by atoms with Crippen molar-refractivity contribution in [3.63, 3.8) is 0 Å². The van der Waals surface area contributed by atoms with Gasteiger partial charge in [-0.1, -0.05) is 96.6 Å². The van der Waals surface area contributed by atoms with Crippen molar-refractivity contribution in [1.82, 2.24) is 0 Å². The predicted molar refractivity (Wildman–Crippen MR) is 145 cm³/mol. The fourth-order valence-electron chi connectivity index (χ4n) is 5.27. The second kappa shape index (κ2) is 15.7. The van der Waals surface area contributed by atoms with Gasteiger partial charge in [-0.3, -0.25) is 0 Å². The highest BCUT2D eigenvalue weighted by atomic mass is 16.5. The van der Waals surface area contributed by atoms with Crippen LogP contribution < -0.4 is 9.47 Å². The number of unbranched alkanes of at least 4 members (excludes halogenated alkanes) is 4. The van der Waals surface area contributed by atoms with Crippen molar-refractivity contribution in [2.24, 2.45) is 11.8 Å². The molecule has 192 valence electrons. The lowest BCUT2D eigenvalue weighted by atomic mass is 9.78. The Morgan fingerprint density at radius 3 is 1.94 bits per heavy atom. The molecule has 3 heteroatoms. The number of hydrogen-bond donors (Lipinski definition) is 0. The van der Waals surface area contributed by atoms with Crippen LogP contribution in [0.4, 0.5) is 0 Å². The number of esters is 1. The number of benzene rings is 2. The molecular weight excluding hydrogens is 432 g/mol. The first-order valence-electron chi connectivity index (χ1n) is 14.2. The predicted octanol–water partition coefficient (Wildman–Crippen LogP) is 9.18. The lowest BCUT2D eigenvalue weighted by Gasteiger charge is -2.28. The van der Waals surface area contributed by atoms with Crippen LogP contribution in [0.5, 0.6) is 11.5 Å². The molecule has 2 aromatic carbocycles. The van der Waals surface area contributed by atoms with Gasteiger partial charge in [0, 0.05) is 0 Å². The van der Waals surface area contributed by atoms with Crippen molar-refractivity contribution < 1.29 is 14.3 Å². The van der Waals surface area contributed by atoms with Gasteiger partial charge in [0.1, 0.15) is 11.5 Å². The summed E-state index contributed by atoms with van der Waals surface area (Å²) in [5.41, 5.74) is 1.80. The highest BCUT2D eigenvalue weighted by Crippen LogP contribution is 2.34. The lowest BCUT2D eigenvalue weighted by Crippen LogP contribution is -2.15. The molecule has 0 bridgehead atoms. The summed E-state index contributed by atoms with van der Waals surface area (Å²) in [5.74, 6) is 2.92. The molecule has 1 aliphatic rings. The largest absolute Gasteiger partial charge is 0.494 e. The van der Waals surface area contributed by atoms with Crippen LogP contribution in [0.3, 0.4) is 0 Å². The van der Waals surface area contributed by atoms with E-state index in [9.17, 15) is 4.79 Å². The minimum absolute atomic E-state index is 0.337. The molecule has 0 spiro atoms. The van der Waals surface area contributed by atoms with Crippen LogP contribution in [0.15, 0.2) is 48.5 Å². The van der Waals surface area contributed by atoms with E-state index in [1.807, 2.05) is 36.4 Å². The van der Waals surface area contributed by atoms with E-state index in [0.717, 1.165) is 43.5 Å². The van der Waals surface area contributed by atoms with E-state index in [1.54, 1.807) is 12.1 Å². The summed E-state index contributed by atoms with van der Waals surface area (Å²) in [6, 6.07) is 15.1. The number of hydrogen-bond acceptors (Lipinski definition) is 3. The summed E-state index contributed by atoms with van der Waals surface area (Å²) in [4.78, 5) is 12.4. The molecule has 0 aromatic heterocycles. The van der Waals surface area contributed by atoms with E-state index in [-0.39, 0.29) is 5.97 Å². The molecule has 3 nitrogen and oxygen atoms in total. The first-order chi connectivity index (χ1) is 17.2.